The number of benzene rings is 1. The summed E-state index contributed by atoms with van der Waals surface area (Å²) in [4.78, 5) is 8.04. The van der Waals surface area contributed by atoms with Crippen LogP contribution in [0.4, 0.5) is 14.6 Å². The van der Waals surface area contributed by atoms with Crippen LogP contribution in [0.2, 0.25) is 0 Å². The van der Waals surface area contributed by atoms with Crippen LogP contribution in [0.15, 0.2) is 30.5 Å². The van der Waals surface area contributed by atoms with Crippen LogP contribution in [-0.4, -0.2) is 17.0 Å². The van der Waals surface area contributed by atoms with Gasteiger partial charge < -0.3 is 5.32 Å². The maximum atomic E-state index is 13.0. The first kappa shape index (κ1) is 10.5. The Morgan fingerprint density at radius 2 is 1.81 bits per heavy atom. The molecule has 0 bridgehead atoms. The molecule has 2 rings (SSSR count). The molecular formula is C11H9F2N3. The van der Waals surface area contributed by atoms with Crippen LogP contribution in [0, 0.1) is 11.6 Å². The summed E-state index contributed by atoms with van der Waals surface area (Å²) in [5.41, 5.74) is 0.314. The van der Waals surface area contributed by atoms with E-state index in [1.54, 1.807) is 13.1 Å². The molecule has 0 radical (unpaired) electrons. The third kappa shape index (κ3) is 2.13. The number of rotatable bonds is 2. The summed E-state index contributed by atoms with van der Waals surface area (Å²) in [5, 5.41) is 2.83. The Labute approximate surface area is 91.2 Å². The predicted octanol–water partition coefficient (Wildman–Crippen LogP) is 2.46. The van der Waals surface area contributed by atoms with Gasteiger partial charge in [-0.3, -0.25) is 0 Å². The molecule has 0 fully saturated rings. The second kappa shape index (κ2) is 4.22. The smallest absolute Gasteiger partial charge is 0.161 e. The number of hydrogen-bond acceptors (Lipinski definition) is 3. The van der Waals surface area contributed by atoms with Gasteiger partial charge in [0.2, 0.25) is 0 Å². The fourth-order valence-corrected chi connectivity index (χ4v) is 1.32. The van der Waals surface area contributed by atoms with Crippen molar-refractivity contribution in [2.75, 3.05) is 12.4 Å². The van der Waals surface area contributed by atoms with Gasteiger partial charge in [0, 0.05) is 24.9 Å². The largest absolute Gasteiger partial charge is 0.373 e. The molecule has 0 aliphatic rings. The lowest BCUT2D eigenvalue weighted by Crippen LogP contribution is -1.96. The molecule has 3 nitrogen and oxygen atoms in total. The van der Waals surface area contributed by atoms with Crippen LogP contribution in [0.1, 0.15) is 0 Å². The van der Waals surface area contributed by atoms with Crippen LogP contribution >= 0.6 is 0 Å². The minimum atomic E-state index is -0.645. The Bertz CT molecular complexity index is 494. The number of anilines is 1. The molecule has 1 aromatic carbocycles. The summed E-state index contributed by atoms with van der Waals surface area (Å²) in [6, 6.07) is 4.86. The highest BCUT2D eigenvalue weighted by atomic mass is 19.1. The van der Waals surface area contributed by atoms with E-state index in [1.807, 2.05) is 0 Å². The average Bonchev–Trinajstić information content (AvgIpc) is 2.28. The maximum absolute atomic E-state index is 13.0. The molecular weight excluding hydrogens is 212 g/mol. The first-order valence-corrected chi connectivity index (χ1v) is 4.66. The van der Waals surface area contributed by atoms with Crippen molar-refractivity contribution in [3.05, 3.63) is 42.1 Å². The lowest BCUT2D eigenvalue weighted by atomic mass is 10.2. The van der Waals surface area contributed by atoms with E-state index in [9.17, 15) is 8.78 Å². The molecule has 0 saturated heterocycles. The molecule has 0 saturated carbocycles. The summed E-state index contributed by atoms with van der Waals surface area (Å²) in [7, 11) is 1.71. The van der Waals surface area contributed by atoms with Gasteiger partial charge in [0.1, 0.15) is 17.5 Å². The molecule has 0 unspecified atom stereocenters. The van der Waals surface area contributed by atoms with Gasteiger partial charge in [0.25, 0.3) is 0 Å². The van der Waals surface area contributed by atoms with Crippen LogP contribution < -0.4 is 5.32 Å². The van der Waals surface area contributed by atoms with Crippen LogP contribution in [-0.2, 0) is 0 Å². The van der Waals surface area contributed by atoms with Gasteiger partial charge in [0.15, 0.2) is 5.82 Å². The molecule has 2 aromatic rings. The van der Waals surface area contributed by atoms with Crippen molar-refractivity contribution >= 4 is 5.82 Å². The molecule has 0 amide bonds. The van der Waals surface area contributed by atoms with Crippen molar-refractivity contribution in [3.8, 4) is 11.4 Å². The van der Waals surface area contributed by atoms with Gasteiger partial charge >= 0.3 is 0 Å². The van der Waals surface area contributed by atoms with E-state index in [1.165, 1.54) is 18.3 Å². The molecule has 5 heteroatoms. The average molecular weight is 221 g/mol. The molecule has 0 aliphatic heterocycles. The number of aromatic nitrogens is 2. The van der Waals surface area contributed by atoms with E-state index >= 15 is 0 Å². The number of hydrogen-bond donors (Lipinski definition) is 1. The molecule has 0 atom stereocenters. The zero-order valence-electron chi connectivity index (χ0n) is 8.54. The van der Waals surface area contributed by atoms with Gasteiger partial charge in [-0.15, -0.1) is 0 Å². The Kier molecular flexibility index (Phi) is 2.76. The zero-order valence-corrected chi connectivity index (χ0v) is 8.54. The van der Waals surface area contributed by atoms with E-state index < -0.39 is 11.6 Å². The van der Waals surface area contributed by atoms with Crippen molar-refractivity contribution in [2.45, 2.75) is 0 Å². The maximum Gasteiger partial charge on any atom is 0.161 e. The van der Waals surface area contributed by atoms with Crippen molar-refractivity contribution in [1.82, 2.24) is 9.97 Å². The van der Waals surface area contributed by atoms with Crippen molar-refractivity contribution in [2.24, 2.45) is 0 Å². The highest BCUT2D eigenvalue weighted by Crippen LogP contribution is 2.18. The Hall–Kier alpha value is -2.04. The molecule has 1 N–H and O–H groups in total. The highest BCUT2D eigenvalue weighted by molar-refractivity contribution is 5.56. The topological polar surface area (TPSA) is 37.8 Å². The second-order valence-corrected chi connectivity index (χ2v) is 3.17. The van der Waals surface area contributed by atoms with Crippen LogP contribution in [0.25, 0.3) is 11.4 Å². The summed E-state index contributed by atoms with van der Waals surface area (Å²) < 4.78 is 26.0. The van der Waals surface area contributed by atoms with Crippen LogP contribution in [0.3, 0.4) is 0 Å². The van der Waals surface area contributed by atoms with Gasteiger partial charge in [-0.2, -0.15) is 0 Å². The van der Waals surface area contributed by atoms with Crippen molar-refractivity contribution in [1.29, 1.82) is 0 Å². The molecule has 1 heterocycles. The first-order chi connectivity index (χ1) is 7.69. The summed E-state index contributed by atoms with van der Waals surface area (Å²) in [6.45, 7) is 0. The van der Waals surface area contributed by atoms with E-state index in [0.29, 0.717) is 11.4 Å². The van der Waals surface area contributed by atoms with E-state index in [2.05, 4.69) is 15.3 Å². The Morgan fingerprint density at radius 3 is 2.44 bits per heavy atom. The lowest BCUT2D eigenvalue weighted by Gasteiger charge is -2.03. The monoisotopic (exact) mass is 221 g/mol. The van der Waals surface area contributed by atoms with Crippen molar-refractivity contribution in [3.63, 3.8) is 0 Å². The summed E-state index contributed by atoms with van der Waals surface area (Å²) in [5.74, 6) is -0.415. The minimum absolute atomic E-state index is 0.283. The third-order valence-corrected chi connectivity index (χ3v) is 2.03. The number of nitrogens with zero attached hydrogens (tertiary/aromatic N) is 2. The van der Waals surface area contributed by atoms with Gasteiger partial charge in [-0.05, 0) is 18.2 Å². The first-order valence-electron chi connectivity index (χ1n) is 4.66. The fourth-order valence-electron chi connectivity index (χ4n) is 1.32. The molecule has 0 spiro atoms. The van der Waals surface area contributed by atoms with Gasteiger partial charge in [-0.25, -0.2) is 18.7 Å². The Morgan fingerprint density at radius 1 is 1.12 bits per heavy atom. The highest BCUT2D eigenvalue weighted by Gasteiger charge is 2.06. The van der Waals surface area contributed by atoms with Crippen molar-refractivity contribution < 1.29 is 8.78 Å². The summed E-state index contributed by atoms with van der Waals surface area (Å²) >= 11 is 0. The second-order valence-electron chi connectivity index (χ2n) is 3.17. The van der Waals surface area contributed by atoms with Gasteiger partial charge in [-0.1, -0.05) is 0 Å². The molecule has 0 aliphatic carbocycles. The molecule has 16 heavy (non-hydrogen) atoms. The Balaban J connectivity index is 2.49. The zero-order chi connectivity index (χ0) is 11.5. The normalized spacial score (nSPS) is 10.2. The van der Waals surface area contributed by atoms with E-state index in [4.69, 9.17) is 0 Å². The summed E-state index contributed by atoms with van der Waals surface area (Å²) in [6.07, 6.45) is 1.52. The van der Waals surface area contributed by atoms with E-state index in [0.717, 1.165) is 6.07 Å². The lowest BCUT2D eigenvalue weighted by molar-refractivity contribution is 0.584. The third-order valence-electron chi connectivity index (χ3n) is 2.03. The quantitative estimate of drug-likeness (QED) is 0.846. The number of nitrogens with one attached hydrogen (secondary N) is 1. The van der Waals surface area contributed by atoms with Gasteiger partial charge in [0.05, 0.1) is 0 Å². The van der Waals surface area contributed by atoms with Crippen LogP contribution in [0.5, 0.6) is 0 Å². The standard InChI is InChI=1S/C11H9F2N3/c1-14-10-2-3-15-11(16-10)7-4-8(12)6-9(13)5-7/h2-6H,1H3,(H,14,15,16). The minimum Gasteiger partial charge on any atom is -0.373 e. The SMILES string of the molecule is CNc1ccnc(-c2cc(F)cc(F)c2)n1. The van der Waals surface area contributed by atoms with E-state index in [-0.39, 0.29) is 5.82 Å². The molecule has 1 aromatic heterocycles. The molecule has 82 valence electrons. The predicted molar refractivity (Wildman–Crippen MR) is 56.9 cm³/mol. The number of halogens is 2. The fraction of sp³-hybridized carbons (Fsp3) is 0.0909.